The van der Waals surface area contributed by atoms with Crippen LogP contribution in [0.25, 0.3) is 0 Å². The predicted octanol–water partition coefficient (Wildman–Crippen LogP) is 3.69. The van der Waals surface area contributed by atoms with Crippen LogP contribution in [0.5, 0.6) is 0 Å². The standard InChI is InChI=1S/C14H15F2N3O2/c1-7(2)10-13(18-5-4-17-10)19-14(20)11-8(3)6-9(21-11)12(15)16/h4-7,12H,1-3H3,(H,18,19,20). The van der Waals surface area contributed by atoms with Crippen LogP contribution in [0.1, 0.15) is 53.8 Å². The molecule has 2 heterocycles. The summed E-state index contributed by atoms with van der Waals surface area (Å²) in [5, 5.41) is 2.55. The van der Waals surface area contributed by atoms with Crippen molar-refractivity contribution in [2.45, 2.75) is 33.1 Å². The first-order valence-electron chi connectivity index (χ1n) is 6.41. The van der Waals surface area contributed by atoms with Crippen molar-refractivity contribution in [3.8, 4) is 0 Å². The van der Waals surface area contributed by atoms with Crippen molar-refractivity contribution in [1.29, 1.82) is 0 Å². The number of halogens is 2. The Morgan fingerprint density at radius 3 is 2.52 bits per heavy atom. The van der Waals surface area contributed by atoms with Crippen molar-refractivity contribution in [2.24, 2.45) is 0 Å². The third-order valence-corrected chi connectivity index (χ3v) is 2.86. The summed E-state index contributed by atoms with van der Waals surface area (Å²) in [7, 11) is 0. The summed E-state index contributed by atoms with van der Waals surface area (Å²) >= 11 is 0. The van der Waals surface area contributed by atoms with Crippen LogP contribution >= 0.6 is 0 Å². The molecule has 0 saturated carbocycles. The number of aryl methyl sites for hydroxylation is 1. The first kappa shape index (κ1) is 15.1. The Bertz CT molecular complexity index is 653. The highest BCUT2D eigenvalue weighted by atomic mass is 19.3. The monoisotopic (exact) mass is 295 g/mol. The van der Waals surface area contributed by atoms with Gasteiger partial charge in [0.15, 0.2) is 17.3 Å². The lowest BCUT2D eigenvalue weighted by atomic mass is 10.1. The molecular weight excluding hydrogens is 280 g/mol. The topological polar surface area (TPSA) is 68.0 Å². The third kappa shape index (κ3) is 3.24. The number of carbonyl (C=O) groups is 1. The van der Waals surface area contributed by atoms with Crippen LogP contribution < -0.4 is 5.32 Å². The fraction of sp³-hybridized carbons (Fsp3) is 0.357. The van der Waals surface area contributed by atoms with Crippen LogP contribution in [0.2, 0.25) is 0 Å². The average Bonchev–Trinajstić information content (AvgIpc) is 2.81. The number of hydrogen-bond acceptors (Lipinski definition) is 4. The second kappa shape index (κ2) is 5.99. The van der Waals surface area contributed by atoms with Crippen molar-refractivity contribution in [3.63, 3.8) is 0 Å². The van der Waals surface area contributed by atoms with Gasteiger partial charge in [-0.3, -0.25) is 9.78 Å². The molecule has 112 valence electrons. The quantitative estimate of drug-likeness (QED) is 0.934. The van der Waals surface area contributed by atoms with Crippen LogP contribution in [0.4, 0.5) is 14.6 Å². The third-order valence-electron chi connectivity index (χ3n) is 2.86. The number of hydrogen-bond donors (Lipinski definition) is 1. The second-order valence-corrected chi connectivity index (χ2v) is 4.86. The largest absolute Gasteiger partial charge is 0.450 e. The van der Waals surface area contributed by atoms with Crippen molar-refractivity contribution >= 4 is 11.7 Å². The van der Waals surface area contributed by atoms with E-state index >= 15 is 0 Å². The van der Waals surface area contributed by atoms with E-state index < -0.39 is 18.1 Å². The van der Waals surface area contributed by atoms with Gasteiger partial charge in [0, 0.05) is 18.0 Å². The maximum absolute atomic E-state index is 12.6. The van der Waals surface area contributed by atoms with Crippen LogP contribution in [0.15, 0.2) is 22.9 Å². The molecule has 0 bridgehead atoms. The van der Waals surface area contributed by atoms with Gasteiger partial charge in [0.25, 0.3) is 12.3 Å². The lowest BCUT2D eigenvalue weighted by Crippen LogP contribution is -2.15. The molecule has 5 nitrogen and oxygen atoms in total. The normalized spacial score (nSPS) is 11.2. The summed E-state index contributed by atoms with van der Waals surface area (Å²) in [4.78, 5) is 20.3. The number of nitrogens with one attached hydrogen (secondary N) is 1. The van der Waals surface area contributed by atoms with Gasteiger partial charge in [-0.1, -0.05) is 13.8 Å². The van der Waals surface area contributed by atoms with Crippen LogP contribution in [-0.2, 0) is 0 Å². The smallest absolute Gasteiger partial charge is 0.295 e. The van der Waals surface area contributed by atoms with E-state index in [0.717, 1.165) is 6.07 Å². The number of furan rings is 1. The molecule has 0 spiro atoms. The van der Waals surface area contributed by atoms with Gasteiger partial charge in [-0.25, -0.2) is 13.8 Å². The Kier molecular flexibility index (Phi) is 4.30. The molecule has 2 aromatic heterocycles. The van der Waals surface area contributed by atoms with E-state index in [9.17, 15) is 13.6 Å². The van der Waals surface area contributed by atoms with Gasteiger partial charge in [-0.05, 0) is 18.9 Å². The van der Waals surface area contributed by atoms with Crippen LogP contribution in [0.3, 0.4) is 0 Å². The lowest BCUT2D eigenvalue weighted by Gasteiger charge is -2.10. The SMILES string of the molecule is Cc1cc(C(F)F)oc1C(=O)Nc1nccnc1C(C)C. The molecule has 7 heteroatoms. The molecule has 21 heavy (non-hydrogen) atoms. The van der Waals surface area contributed by atoms with E-state index in [1.165, 1.54) is 19.3 Å². The average molecular weight is 295 g/mol. The highest BCUT2D eigenvalue weighted by molar-refractivity contribution is 6.03. The highest BCUT2D eigenvalue weighted by Crippen LogP contribution is 2.25. The summed E-state index contributed by atoms with van der Waals surface area (Å²) in [5.41, 5.74) is 0.960. The van der Waals surface area contributed by atoms with Gasteiger partial charge < -0.3 is 9.73 Å². The molecule has 0 fully saturated rings. The van der Waals surface area contributed by atoms with E-state index in [4.69, 9.17) is 4.42 Å². The number of carbonyl (C=O) groups excluding carboxylic acids is 1. The van der Waals surface area contributed by atoms with E-state index in [1.54, 1.807) is 0 Å². The van der Waals surface area contributed by atoms with Crippen LogP contribution in [0, 0.1) is 6.92 Å². The molecule has 2 rings (SSSR count). The molecule has 0 aliphatic heterocycles. The van der Waals surface area contributed by atoms with E-state index in [0.29, 0.717) is 17.1 Å². The molecule has 0 radical (unpaired) electrons. The minimum atomic E-state index is -2.76. The first-order chi connectivity index (χ1) is 9.90. The van der Waals surface area contributed by atoms with Gasteiger partial charge in [0.1, 0.15) is 0 Å². The van der Waals surface area contributed by atoms with E-state index in [-0.39, 0.29) is 11.7 Å². The fourth-order valence-corrected chi connectivity index (χ4v) is 1.87. The Hall–Kier alpha value is -2.31. The summed E-state index contributed by atoms with van der Waals surface area (Å²) in [6.07, 6.45) is 0.215. The number of amides is 1. The summed E-state index contributed by atoms with van der Waals surface area (Å²) in [6, 6.07) is 1.15. The zero-order valence-corrected chi connectivity index (χ0v) is 11.9. The molecule has 0 aliphatic rings. The molecule has 0 saturated heterocycles. The Balaban J connectivity index is 2.26. The van der Waals surface area contributed by atoms with Crippen molar-refractivity contribution in [1.82, 2.24) is 9.97 Å². The molecule has 0 aromatic carbocycles. The zero-order valence-electron chi connectivity index (χ0n) is 11.9. The van der Waals surface area contributed by atoms with Crippen LogP contribution in [-0.4, -0.2) is 15.9 Å². The Morgan fingerprint density at radius 1 is 1.29 bits per heavy atom. The molecule has 0 aliphatic carbocycles. The van der Waals surface area contributed by atoms with Crippen molar-refractivity contribution in [3.05, 3.63) is 41.2 Å². The summed E-state index contributed by atoms with van der Waals surface area (Å²) in [5.74, 6) is -0.941. The summed E-state index contributed by atoms with van der Waals surface area (Å²) in [6.45, 7) is 5.35. The zero-order chi connectivity index (χ0) is 15.6. The minimum Gasteiger partial charge on any atom is -0.450 e. The molecular formula is C14H15F2N3O2. The molecule has 1 N–H and O–H groups in total. The molecule has 0 unspecified atom stereocenters. The van der Waals surface area contributed by atoms with Gasteiger partial charge in [0.05, 0.1) is 5.69 Å². The Labute approximate surface area is 120 Å². The van der Waals surface area contributed by atoms with Gasteiger partial charge >= 0.3 is 0 Å². The maximum Gasteiger partial charge on any atom is 0.295 e. The molecule has 1 amide bonds. The highest BCUT2D eigenvalue weighted by Gasteiger charge is 2.22. The number of aromatic nitrogens is 2. The summed E-state index contributed by atoms with van der Waals surface area (Å²) < 4.78 is 30.0. The fourth-order valence-electron chi connectivity index (χ4n) is 1.87. The number of alkyl halides is 2. The second-order valence-electron chi connectivity index (χ2n) is 4.86. The number of rotatable bonds is 4. The van der Waals surface area contributed by atoms with E-state index in [1.807, 2.05) is 13.8 Å². The van der Waals surface area contributed by atoms with Gasteiger partial charge in [-0.2, -0.15) is 0 Å². The number of anilines is 1. The first-order valence-corrected chi connectivity index (χ1v) is 6.41. The van der Waals surface area contributed by atoms with Crippen molar-refractivity contribution < 1.29 is 18.0 Å². The Morgan fingerprint density at radius 2 is 1.95 bits per heavy atom. The molecule has 0 atom stereocenters. The minimum absolute atomic E-state index is 0.0586. The molecule has 2 aromatic rings. The predicted molar refractivity (Wildman–Crippen MR) is 72.5 cm³/mol. The van der Waals surface area contributed by atoms with Crippen molar-refractivity contribution in [2.75, 3.05) is 5.32 Å². The van der Waals surface area contributed by atoms with Gasteiger partial charge in [0.2, 0.25) is 0 Å². The number of nitrogens with zero attached hydrogens (tertiary/aromatic N) is 2. The lowest BCUT2D eigenvalue weighted by molar-refractivity contribution is 0.0963. The van der Waals surface area contributed by atoms with E-state index in [2.05, 4.69) is 15.3 Å². The maximum atomic E-state index is 12.6. The van der Waals surface area contributed by atoms with Gasteiger partial charge in [-0.15, -0.1) is 0 Å².